The molecule has 0 aromatic heterocycles. The summed E-state index contributed by atoms with van der Waals surface area (Å²) < 4.78 is 5.41. The minimum Gasteiger partial charge on any atom is -0.481 e. The predicted octanol–water partition coefficient (Wildman–Crippen LogP) is 2.62. The monoisotopic (exact) mass is 230 g/mol. The maximum absolute atomic E-state index is 10.9. The molecule has 0 aromatic rings. The molecule has 15 heavy (non-hydrogen) atoms. The molecule has 3 nitrogen and oxygen atoms in total. The van der Waals surface area contributed by atoms with Crippen LogP contribution in [-0.2, 0) is 9.53 Å². The molecule has 0 heterocycles. The lowest BCUT2D eigenvalue weighted by atomic mass is 9.92. The average molecular weight is 230 g/mol. The highest BCUT2D eigenvalue weighted by Gasteiger charge is 2.29. The Kier molecular flexibility index (Phi) is 5.24. The lowest BCUT2D eigenvalue weighted by Crippen LogP contribution is -2.31. The van der Waals surface area contributed by atoms with Crippen LogP contribution in [0.15, 0.2) is 12.7 Å². The Morgan fingerprint density at radius 1 is 1.53 bits per heavy atom. The minimum atomic E-state index is -1.09. The molecule has 0 aromatic carbocycles. The Morgan fingerprint density at radius 3 is 2.40 bits per heavy atom. The molecule has 1 N–H and O–H groups in total. The van der Waals surface area contributed by atoms with Gasteiger partial charge in [0.05, 0.1) is 6.61 Å². The maximum atomic E-state index is 10.9. The van der Waals surface area contributed by atoms with Gasteiger partial charge in [-0.1, -0.05) is 25.7 Å². The Hall–Kier alpha value is -0.613. The standard InChI is InChI=1S/C11H22O3Si/c1-6-11(2,10(12)13)9-14-7-8-15(3,4)5/h6H,1,7-9H2,2-5H3,(H,12,13)/t11-/m1/s1. The van der Waals surface area contributed by atoms with E-state index < -0.39 is 19.5 Å². The summed E-state index contributed by atoms with van der Waals surface area (Å²) in [5.41, 5.74) is -0.959. The third-order valence-corrected chi connectivity index (χ3v) is 4.04. The number of rotatable bonds is 7. The molecule has 0 fully saturated rings. The summed E-state index contributed by atoms with van der Waals surface area (Å²) >= 11 is 0. The fraction of sp³-hybridized carbons (Fsp3) is 0.727. The SMILES string of the molecule is C=C[C@](C)(COCC[Si](C)(C)C)C(=O)O. The fourth-order valence-electron chi connectivity index (χ4n) is 0.871. The number of carboxylic acid groups (broad SMARTS) is 1. The van der Waals surface area contributed by atoms with Gasteiger partial charge < -0.3 is 9.84 Å². The van der Waals surface area contributed by atoms with Gasteiger partial charge in [0.25, 0.3) is 0 Å². The van der Waals surface area contributed by atoms with E-state index in [0.717, 1.165) is 6.04 Å². The zero-order valence-electron chi connectivity index (χ0n) is 10.2. The van der Waals surface area contributed by atoms with Crippen LogP contribution in [0.1, 0.15) is 6.92 Å². The molecular weight excluding hydrogens is 208 g/mol. The van der Waals surface area contributed by atoms with Crippen molar-refractivity contribution < 1.29 is 14.6 Å². The Labute approximate surface area is 93.1 Å². The first kappa shape index (κ1) is 14.4. The lowest BCUT2D eigenvalue weighted by Gasteiger charge is -2.21. The summed E-state index contributed by atoms with van der Waals surface area (Å²) in [7, 11) is -1.09. The van der Waals surface area contributed by atoms with E-state index in [1.807, 2.05) is 0 Å². The second-order valence-corrected chi connectivity index (χ2v) is 10.9. The summed E-state index contributed by atoms with van der Waals surface area (Å²) in [6, 6.07) is 1.06. The van der Waals surface area contributed by atoms with Crippen molar-refractivity contribution in [3.8, 4) is 0 Å². The zero-order valence-corrected chi connectivity index (χ0v) is 11.2. The molecule has 0 saturated carbocycles. The van der Waals surface area contributed by atoms with Gasteiger partial charge in [-0.05, 0) is 13.0 Å². The zero-order chi connectivity index (χ0) is 12.1. The number of ether oxygens (including phenoxy) is 1. The molecule has 0 unspecified atom stereocenters. The van der Waals surface area contributed by atoms with E-state index in [1.54, 1.807) is 6.92 Å². The fourth-order valence-corrected chi connectivity index (χ4v) is 1.63. The van der Waals surface area contributed by atoms with Crippen LogP contribution in [0.25, 0.3) is 0 Å². The van der Waals surface area contributed by atoms with Crippen LogP contribution < -0.4 is 0 Å². The smallest absolute Gasteiger partial charge is 0.315 e. The van der Waals surface area contributed by atoms with E-state index in [2.05, 4.69) is 26.2 Å². The average Bonchev–Trinajstić information content (AvgIpc) is 2.10. The van der Waals surface area contributed by atoms with Crippen LogP contribution in [0.3, 0.4) is 0 Å². The van der Waals surface area contributed by atoms with E-state index in [0.29, 0.717) is 6.61 Å². The van der Waals surface area contributed by atoms with Gasteiger partial charge in [-0.3, -0.25) is 4.79 Å². The highest BCUT2D eigenvalue weighted by molar-refractivity contribution is 6.76. The van der Waals surface area contributed by atoms with E-state index in [4.69, 9.17) is 9.84 Å². The molecule has 88 valence electrons. The van der Waals surface area contributed by atoms with Gasteiger partial charge in [-0.2, -0.15) is 0 Å². The van der Waals surface area contributed by atoms with Gasteiger partial charge in [0.15, 0.2) is 0 Å². The van der Waals surface area contributed by atoms with Crippen molar-refractivity contribution in [1.29, 1.82) is 0 Å². The third kappa shape index (κ3) is 5.74. The maximum Gasteiger partial charge on any atom is 0.315 e. The molecule has 0 aliphatic carbocycles. The second-order valence-electron chi connectivity index (χ2n) is 5.29. The van der Waals surface area contributed by atoms with Crippen molar-refractivity contribution in [2.45, 2.75) is 32.6 Å². The van der Waals surface area contributed by atoms with Crippen molar-refractivity contribution in [2.75, 3.05) is 13.2 Å². The van der Waals surface area contributed by atoms with E-state index >= 15 is 0 Å². The second kappa shape index (κ2) is 5.46. The number of hydrogen-bond acceptors (Lipinski definition) is 2. The Bertz CT molecular complexity index is 232. The summed E-state index contributed by atoms with van der Waals surface area (Å²) in [6.45, 7) is 12.8. The molecule has 0 spiro atoms. The van der Waals surface area contributed by atoms with Crippen LogP contribution >= 0.6 is 0 Å². The van der Waals surface area contributed by atoms with Gasteiger partial charge in [0.2, 0.25) is 0 Å². The van der Waals surface area contributed by atoms with Crippen LogP contribution in [0.5, 0.6) is 0 Å². The normalized spacial score (nSPS) is 15.7. The van der Waals surface area contributed by atoms with Gasteiger partial charge >= 0.3 is 5.97 Å². The van der Waals surface area contributed by atoms with Crippen LogP contribution in [0.2, 0.25) is 25.7 Å². The van der Waals surface area contributed by atoms with Gasteiger partial charge in [-0.15, -0.1) is 6.58 Å². The Balaban J connectivity index is 3.94. The number of carboxylic acids is 1. The summed E-state index contributed by atoms with van der Waals surface area (Å²) in [6.07, 6.45) is 1.43. The van der Waals surface area contributed by atoms with Crippen LogP contribution in [0.4, 0.5) is 0 Å². The van der Waals surface area contributed by atoms with E-state index in [-0.39, 0.29) is 6.61 Å². The highest BCUT2D eigenvalue weighted by atomic mass is 28.3. The van der Waals surface area contributed by atoms with Crippen molar-refractivity contribution in [1.82, 2.24) is 0 Å². The Morgan fingerprint density at radius 2 is 2.07 bits per heavy atom. The first-order valence-electron chi connectivity index (χ1n) is 5.16. The molecule has 0 aliphatic heterocycles. The van der Waals surface area contributed by atoms with Crippen molar-refractivity contribution in [3.05, 3.63) is 12.7 Å². The van der Waals surface area contributed by atoms with E-state index in [9.17, 15) is 4.79 Å². The predicted molar refractivity (Wildman–Crippen MR) is 64.9 cm³/mol. The topological polar surface area (TPSA) is 46.5 Å². The highest BCUT2D eigenvalue weighted by Crippen LogP contribution is 2.19. The quantitative estimate of drug-likeness (QED) is 0.415. The molecule has 0 amide bonds. The van der Waals surface area contributed by atoms with Crippen molar-refractivity contribution in [3.63, 3.8) is 0 Å². The molecular formula is C11H22O3Si. The number of carbonyl (C=O) groups is 1. The lowest BCUT2D eigenvalue weighted by molar-refractivity contribution is -0.148. The van der Waals surface area contributed by atoms with Crippen molar-refractivity contribution >= 4 is 14.0 Å². The largest absolute Gasteiger partial charge is 0.481 e. The number of hydrogen-bond donors (Lipinski definition) is 1. The molecule has 0 aliphatic rings. The molecule has 0 rings (SSSR count). The summed E-state index contributed by atoms with van der Waals surface area (Å²) in [5.74, 6) is -0.884. The summed E-state index contributed by atoms with van der Waals surface area (Å²) in [4.78, 5) is 10.9. The first-order chi connectivity index (χ1) is 6.71. The number of aliphatic carboxylic acids is 1. The van der Waals surface area contributed by atoms with E-state index in [1.165, 1.54) is 6.08 Å². The minimum absolute atomic E-state index is 0.205. The summed E-state index contributed by atoms with van der Waals surface area (Å²) in [5, 5.41) is 8.95. The molecule has 0 bridgehead atoms. The molecule has 0 radical (unpaired) electrons. The van der Waals surface area contributed by atoms with Gasteiger partial charge in [0, 0.05) is 14.7 Å². The van der Waals surface area contributed by atoms with Gasteiger partial charge in [-0.25, -0.2) is 0 Å². The van der Waals surface area contributed by atoms with Gasteiger partial charge in [0.1, 0.15) is 5.41 Å². The first-order valence-corrected chi connectivity index (χ1v) is 8.87. The third-order valence-electron chi connectivity index (χ3n) is 2.34. The molecule has 0 saturated heterocycles. The molecule has 4 heteroatoms. The van der Waals surface area contributed by atoms with Crippen LogP contribution in [0, 0.1) is 5.41 Å². The molecule has 1 atom stereocenters. The van der Waals surface area contributed by atoms with Crippen molar-refractivity contribution in [2.24, 2.45) is 5.41 Å². The van der Waals surface area contributed by atoms with Crippen LogP contribution in [-0.4, -0.2) is 32.4 Å².